The molecule has 6 rings (SSSR count). The monoisotopic (exact) mass is 394 g/mol. The quantitative estimate of drug-likeness (QED) is 0.367. The molecule has 142 valence electrons. The molecule has 29 heavy (non-hydrogen) atoms. The van der Waals surface area contributed by atoms with E-state index in [2.05, 4.69) is 91.1 Å². The van der Waals surface area contributed by atoms with Crippen molar-refractivity contribution in [1.29, 1.82) is 0 Å². The van der Waals surface area contributed by atoms with E-state index in [1.807, 2.05) is 0 Å². The highest BCUT2D eigenvalue weighted by Crippen LogP contribution is 2.50. The molecule has 1 aliphatic carbocycles. The van der Waals surface area contributed by atoms with Crippen molar-refractivity contribution in [3.8, 4) is 10.6 Å². The van der Waals surface area contributed by atoms with Crippen molar-refractivity contribution < 1.29 is 0 Å². The zero-order chi connectivity index (χ0) is 19.4. The van der Waals surface area contributed by atoms with E-state index in [0.29, 0.717) is 17.9 Å². The molecule has 3 aromatic carbocycles. The number of nitrogens with zero attached hydrogens (tertiary/aromatic N) is 1. The number of anilines is 1. The Morgan fingerprint density at radius 2 is 1.90 bits per heavy atom. The van der Waals surface area contributed by atoms with Crippen molar-refractivity contribution in [1.82, 2.24) is 4.98 Å². The van der Waals surface area contributed by atoms with E-state index in [4.69, 9.17) is 4.98 Å². The lowest BCUT2D eigenvalue weighted by atomic mass is 9.76. The fraction of sp³-hybridized carbons (Fsp3) is 0.192. The molecule has 1 aromatic heterocycles. The molecule has 3 atom stereocenters. The lowest BCUT2D eigenvalue weighted by Gasteiger charge is -2.37. The number of hydrogen-bond acceptors (Lipinski definition) is 3. The molecule has 0 saturated heterocycles. The minimum atomic E-state index is 0.361. The molecular weight excluding hydrogens is 372 g/mol. The molecule has 2 aliphatic rings. The van der Waals surface area contributed by atoms with Crippen LogP contribution in [0.4, 0.5) is 5.69 Å². The van der Waals surface area contributed by atoms with Crippen molar-refractivity contribution in [2.75, 3.05) is 5.32 Å². The molecule has 1 aliphatic heterocycles. The first-order valence-corrected chi connectivity index (χ1v) is 11.1. The normalized spacial score (nSPS) is 22.3. The van der Waals surface area contributed by atoms with Gasteiger partial charge in [-0.15, -0.1) is 11.3 Å². The van der Waals surface area contributed by atoms with Gasteiger partial charge < -0.3 is 5.32 Å². The SMILES string of the molecule is Cc1ccc2nc(-c3ccc4c(c3)[C@@H]3C=CC[C@@H]3[C@H](c3ccccc3)N4)sc2c1. The van der Waals surface area contributed by atoms with Crippen LogP contribution >= 0.6 is 11.3 Å². The van der Waals surface area contributed by atoms with Crippen molar-refractivity contribution >= 4 is 27.2 Å². The molecule has 0 spiro atoms. The van der Waals surface area contributed by atoms with Gasteiger partial charge in [-0.2, -0.15) is 0 Å². The number of aryl methyl sites for hydroxylation is 1. The maximum absolute atomic E-state index is 4.90. The summed E-state index contributed by atoms with van der Waals surface area (Å²) in [5.41, 5.74) is 7.64. The van der Waals surface area contributed by atoms with E-state index in [1.54, 1.807) is 11.3 Å². The predicted octanol–water partition coefficient (Wildman–Crippen LogP) is 7.10. The smallest absolute Gasteiger partial charge is 0.124 e. The van der Waals surface area contributed by atoms with E-state index in [9.17, 15) is 0 Å². The molecule has 0 unspecified atom stereocenters. The number of allylic oxidation sites excluding steroid dienone is 2. The second kappa shape index (κ2) is 6.57. The van der Waals surface area contributed by atoms with Crippen LogP contribution in [0.5, 0.6) is 0 Å². The van der Waals surface area contributed by atoms with Gasteiger partial charge in [0.1, 0.15) is 5.01 Å². The molecule has 1 N–H and O–H groups in total. The van der Waals surface area contributed by atoms with E-state index in [0.717, 1.165) is 16.9 Å². The van der Waals surface area contributed by atoms with Crippen molar-refractivity contribution in [3.05, 3.63) is 95.6 Å². The topological polar surface area (TPSA) is 24.9 Å². The summed E-state index contributed by atoms with van der Waals surface area (Å²) >= 11 is 1.79. The van der Waals surface area contributed by atoms with E-state index < -0.39 is 0 Å². The molecule has 0 fully saturated rings. The van der Waals surface area contributed by atoms with Crippen molar-refractivity contribution in [2.45, 2.75) is 25.3 Å². The van der Waals surface area contributed by atoms with Gasteiger partial charge in [0.2, 0.25) is 0 Å². The van der Waals surface area contributed by atoms with Gasteiger partial charge in [0, 0.05) is 17.2 Å². The van der Waals surface area contributed by atoms with Gasteiger partial charge in [0.15, 0.2) is 0 Å². The minimum Gasteiger partial charge on any atom is -0.378 e. The molecule has 0 bridgehead atoms. The summed E-state index contributed by atoms with van der Waals surface area (Å²) in [4.78, 5) is 4.90. The number of fused-ring (bicyclic) bond motifs is 4. The first-order chi connectivity index (χ1) is 14.3. The Kier molecular flexibility index (Phi) is 3.85. The highest BCUT2D eigenvalue weighted by molar-refractivity contribution is 7.21. The average molecular weight is 395 g/mol. The van der Waals surface area contributed by atoms with Crippen LogP contribution in [0.15, 0.2) is 78.9 Å². The van der Waals surface area contributed by atoms with Crippen LogP contribution in [0, 0.1) is 12.8 Å². The zero-order valence-corrected chi connectivity index (χ0v) is 17.1. The van der Waals surface area contributed by atoms with Gasteiger partial charge in [0.25, 0.3) is 0 Å². The van der Waals surface area contributed by atoms with Crippen LogP contribution in [-0.4, -0.2) is 4.98 Å². The lowest BCUT2D eigenvalue weighted by Crippen LogP contribution is -2.29. The third kappa shape index (κ3) is 2.80. The maximum atomic E-state index is 4.90. The van der Waals surface area contributed by atoms with Gasteiger partial charge in [-0.1, -0.05) is 48.6 Å². The molecule has 3 heteroatoms. The van der Waals surface area contributed by atoms with Crippen LogP contribution < -0.4 is 5.32 Å². The van der Waals surface area contributed by atoms with Crippen LogP contribution in [0.1, 0.15) is 35.1 Å². The summed E-state index contributed by atoms with van der Waals surface area (Å²) in [6.45, 7) is 2.14. The second-order valence-corrected chi connectivity index (χ2v) is 9.21. The Labute approximate surface area is 174 Å². The Balaban J connectivity index is 1.42. The summed E-state index contributed by atoms with van der Waals surface area (Å²) in [5.74, 6) is 1.03. The Morgan fingerprint density at radius 1 is 1.00 bits per heavy atom. The van der Waals surface area contributed by atoms with Crippen molar-refractivity contribution in [3.63, 3.8) is 0 Å². The number of thiazole rings is 1. The Bertz CT molecular complexity index is 1240. The molecule has 4 aromatic rings. The van der Waals surface area contributed by atoms with E-state index in [-0.39, 0.29) is 0 Å². The largest absolute Gasteiger partial charge is 0.378 e. The van der Waals surface area contributed by atoms with Gasteiger partial charge >= 0.3 is 0 Å². The summed E-state index contributed by atoms with van der Waals surface area (Å²) in [6, 6.07) is 24.6. The van der Waals surface area contributed by atoms with Crippen LogP contribution in [0.25, 0.3) is 20.8 Å². The average Bonchev–Trinajstić information content (AvgIpc) is 3.40. The summed E-state index contributed by atoms with van der Waals surface area (Å²) in [5, 5.41) is 4.95. The fourth-order valence-electron chi connectivity index (χ4n) is 4.87. The summed E-state index contributed by atoms with van der Waals surface area (Å²) < 4.78 is 1.26. The molecule has 2 nitrogen and oxygen atoms in total. The third-order valence-corrected chi connectivity index (χ3v) is 7.38. The second-order valence-electron chi connectivity index (χ2n) is 8.18. The molecular formula is C26H22N2S. The van der Waals surface area contributed by atoms with Gasteiger partial charge in [-0.3, -0.25) is 0 Å². The number of nitrogens with one attached hydrogen (secondary N) is 1. The predicted molar refractivity (Wildman–Crippen MR) is 123 cm³/mol. The van der Waals surface area contributed by atoms with E-state index >= 15 is 0 Å². The Hall–Kier alpha value is -2.91. The van der Waals surface area contributed by atoms with Crippen molar-refractivity contribution in [2.24, 2.45) is 5.92 Å². The highest BCUT2D eigenvalue weighted by atomic mass is 32.1. The lowest BCUT2D eigenvalue weighted by molar-refractivity contribution is 0.425. The Morgan fingerprint density at radius 3 is 2.79 bits per heavy atom. The fourth-order valence-corrected chi connectivity index (χ4v) is 5.93. The third-order valence-electron chi connectivity index (χ3n) is 6.31. The number of rotatable bonds is 2. The molecule has 0 radical (unpaired) electrons. The molecule has 0 amide bonds. The molecule has 0 saturated carbocycles. The summed E-state index contributed by atoms with van der Waals surface area (Å²) in [7, 11) is 0. The number of aromatic nitrogens is 1. The standard InChI is InChI=1S/C26H22N2S/c1-16-10-12-23-24(14-16)29-26(28-23)18-11-13-22-21(15-18)19-8-5-9-20(19)25(27-22)17-6-3-2-4-7-17/h2-8,10-15,19-20,25,27H,9H2,1H3/t19-,20+,25+/m1/s1. The van der Waals surface area contributed by atoms with Crippen LogP contribution in [0.2, 0.25) is 0 Å². The zero-order valence-electron chi connectivity index (χ0n) is 16.3. The van der Waals surface area contributed by atoms with Gasteiger partial charge in [0.05, 0.1) is 16.3 Å². The first kappa shape index (κ1) is 17.0. The van der Waals surface area contributed by atoms with Gasteiger partial charge in [-0.25, -0.2) is 4.98 Å². The van der Waals surface area contributed by atoms with E-state index in [1.165, 1.54) is 32.6 Å². The van der Waals surface area contributed by atoms with Gasteiger partial charge in [-0.05, 0) is 66.3 Å². The first-order valence-electron chi connectivity index (χ1n) is 10.3. The van der Waals surface area contributed by atoms with Crippen LogP contribution in [0.3, 0.4) is 0 Å². The highest BCUT2D eigenvalue weighted by Gasteiger charge is 2.37. The number of benzene rings is 3. The molecule has 2 heterocycles. The summed E-state index contributed by atoms with van der Waals surface area (Å²) in [6.07, 6.45) is 5.89. The van der Waals surface area contributed by atoms with Crippen LogP contribution in [-0.2, 0) is 0 Å². The minimum absolute atomic E-state index is 0.361. The number of hydrogen-bond donors (Lipinski definition) is 1. The maximum Gasteiger partial charge on any atom is 0.124 e.